The van der Waals surface area contributed by atoms with Crippen LogP contribution in [0.25, 0.3) is 0 Å². The van der Waals surface area contributed by atoms with E-state index in [9.17, 15) is 14.4 Å². The van der Waals surface area contributed by atoms with Crippen molar-refractivity contribution in [1.82, 2.24) is 10.2 Å². The standard InChI is InChI=1S/C24H33N3O3/c1-16-7-8-19-17(14-16)6-5-13-26(19)20(28)15-27-21(29)24(25-22(27)30)11-9-18(10-12-24)23(2,3)4/h7-8,14,18H,5-6,9-13,15H2,1-4H3,(H,25,30). The molecule has 2 fully saturated rings. The summed E-state index contributed by atoms with van der Waals surface area (Å²) in [6.45, 7) is 9.16. The van der Waals surface area contributed by atoms with E-state index in [0.717, 1.165) is 41.8 Å². The summed E-state index contributed by atoms with van der Waals surface area (Å²) < 4.78 is 0. The number of fused-ring (bicyclic) bond motifs is 1. The van der Waals surface area contributed by atoms with Gasteiger partial charge in [0.1, 0.15) is 12.1 Å². The Bertz CT molecular complexity index is 878. The van der Waals surface area contributed by atoms with Crippen LogP contribution in [0, 0.1) is 18.3 Å². The summed E-state index contributed by atoms with van der Waals surface area (Å²) in [5.74, 6) is 0.120. The maximum absolute atomic E-state index is 13.2. The predicted octanol–water partition coefficient (Wildman–Crippen LogP) is 3.80. The van der Waals surface area contributed by atoms with Crippen LogP contribution in [-0.2, 0) is 16.0 Å². The Labute approximate surface area is 179 Å². The lowest BCUT2D eigenvalue weighted by Crippen LogP contribution is -2.51. The van der Waals surface area contributed by atoms with Gasteiger partial charge in [-0.15, -0.1) is 0 Å². The van der Waals surface area contributed by atoms with Gasteiger partial charge in [-0.2, -0.15) is 0 Å². The SMILES string of the molecule is Cc1ccc2c(c1)CCCN2C(=O)CN1C(=O)NC2(CCC(C(C)(C)C)CC2)C1=O. The van der Waals surface area contributed by atoms with Gasteiger partial charge in [0.2, 0.25) is 5.91 Å². The van der Waals surface area contributed by atoms with Gasteiger partial charge < -0.3 is 10.2 Å². The molecule has 0 radical (unpaired) electrons. The Hall–Kier alpha value is -2.37. The van der Waals surface area contributed by atoms with Crippen molar-refractivity contribution in [1.29, 1.82) is 0 Å². The first-order valence-electron chi connectivity index (χ1n) is 11.1. The molecular formula is C24H33N3O3. The van der Waals surface area contributed by atoms with Crippen LogP contribution in [-0.4, -0.2) is 41.4 Å². The van der Waals surface area contributed by atoms with Crippen LogP contribution in [0.15, 0.2) is 18.2 Å². The van der Waals surface area contributed by atoms with E-state index in [2.05, 4.69) is 32.2 Å². The van der Waals surface area contributed by atoms with Crippen LogP contribution in [0.4, 0.5) is 10.5 Å². The first kappa shape index (κ1) is 20.9. The van der Waals surface area contributed by atoms with Gasteiger partial charge in [0.05, 0.1) is 0 Å². The largest absolute Gasteiger partial charge is 0.325 e. The predicted molar refractivity (Wildman–Crippen MR) is 116 cm³/mol. The maximum Gasteiger partial charge on any atom is 0.325 e. The molecule has 0 aromatic heterocycles. The Morgan fingerprint density at radius 2 is 1.90 bits per heavy atom. The first-order valence-corrected chi connectivity index (χ1v) is 11.1. The van der Waals surface area contributed by atoms with Crippen molar-refractivity contribution in [3.8, 4) is 0 Å². The van der Waals surface area contributed by atoms with E-state index in [0.29, 0.717) is 25.3 Å². The van der Waals surface area contributed by atoms with Crippen LogP contribution in [0.1, 0.15) is 64.0 Å². The highest BCUT2D eigenvalue weighted by Crippen LogP contribution is 2.43. The van der Waals surface area contributed by atoms with Crippen molar-refractivity contribution in [3.63, 3.8) is 0 Å². The maximum atomic E-state index is 13.2. The number of hydrogen-bond acceptors (Lipinski definition) is 3. The third-order valence-electron chi connectivity index (χ3n) is 7.26. The Kier molecular flexibility index (Phi) is 5.15. The van der Waals surface area contributed by atoms with Gasteiger partial charge in [0.15, 0.2) is 0 Å². The molecule has 162 valence electrons. The number of nitrogens with one attached hydrogen (secondary N) is 1. The monoisotopic (exact) mass is 411 g/mol. The normalized spacial score (nSPS) is 26.7. The molecule has 0 atom stereocenters. The number of benzene rings is 1. The fourth-order valence-electron chi connectivity index (χ4n) is 5.34. The molecular weight excluding hydrogens is 378 g/mol. The number of carbonyl (C=O) groups excluding carboxylic acids is 3. The molecule has 1 aliphatic carbocycles. The summed E-state index contributed by atoms with van der Waals surface area (Å²) in [5.41, 5.74) is 2.61. The first-order chi connectivity index (χ1) is 14.1. The Morgan fingerprint density at radius 3 is 2.57 bits per heavy atom. The third kappa shape index (κ3) is 3.61. The second kappa shape index (κ2) is 7.40. The molecule has 1 aromatic carbocycles. The molecule has 0 bridgehead atoms. The summed E-state index contributed by atoms with van der Waals surface area (Å²) >= 11 is 0. The van der Waals surface area contributed by atoms with Crippen LogP contribution in [0.5, 0.6) is 0 Å². The summed E-state index contributed by atoms with van der Waals surface area (Å²) in [6.07, 6.45) is 4.96. The minimum atomic E-state index is -0.823. The van der Waals surface area contributed by atoms with E-state index in [1.807, 2.05) is 19.1 Å². The van der Waals surface area contributed by atoms with E-state index < -0.39 is 11.6 Å². The highest BCUT2D eigenvalue weighted by atomic mass is 16.2. The quantitative estimate of drug-likeness (QED) is 0.753. The molecule has 3 aliphatic rings. The molecule has 4 rings (SSSR count). The number of carbonyl (C=O) groups is 3. The van der Waals surface area contributed by atoms with Gasteiger partial charge in [-0.05, 0) is 68.4 Å². The van der Waals surface area contributed by atoms with Gasteiger partial charge in [0.25, 0.3) is 5.91 Å². The van der Waals surface area contributed by atoms with Gasteiger partial charge >= 0.3 is 6.03 Å². The van der Waals surface area contributed by atoms with Crippen molar-refractivity contribution in [2.24, 2.45) is 11.3 Å². The van der Waals surface area contributed by atoms with Crippen LogP contribution >= 0.6 is 0 Å². The van der Waals surface area contributed by atoms with Crippen molar-refractivity contribution in [3.05, 3.63) is 29.3 Å². The fourth-order valence-corrected chi connectivity index (χ4v) is 5.34. The zero-order valence-electron chi connectivity index (χ0n) is 18.6. The van der Waals surface area contributed by atoms with Gasteiger partial charge in [-0.25, -0.2) is 4.79 Å². The zero-order chi connectivity index (χ0) is 21.7. The van der Waals surface area contributed by atoms with E-state index in [1.54, 1.807) is 4.90 Å². The summed E-state index contributed by atoms with van der Waals surface area (Å²) in [4.78, 5) is 41.9. The molecule has 1 spiro atoms. The van der Waals surface area contributed by atoms with Crippen molar-refractivity contribution < 1.29 is 14.4 Å². The number of aryl methyl sites for hydroxylation is 2. The number of hydrogen-bond donors (Lipinski definition) is 1. The number of amides is 4. The smallest absolute Gasteiger partial charge is 0.323 e. The Morgan fingerprint density at radius 1 is 1.20 bits per heavy atom. The molecule has 1 aromatic rings. The number of nitrogens with zero attached hydrogens (tertiary/aromatic N) is 2. The second-order valence-electron chi connectivity index (χ2n) is 10.3. The molecule has 2 heterocycles. The molecule has 4 amide bonds. The van der Waals surface area contributed by atoms with Gasteiger partial charge in [0, 0.05) is 12.2 Å². The van der Waals surface area contributed by atoms with Gasteiger partial charge in [-0.1, -0.05) is 38.5 Å². The van der Waals surface area contributed by atoms with Crippen LogP contribution in [0.3, 0.4) is 0 Å². The minimum absolute atomic E-state index is 0.191. The lowest BCUT2D eigenvalue weighted by Gasteiger charge is -2.40. The number of rotatable bonds is 2. The topological polar surface area (TPSA) is 69.7 Å². The number of anilines is 1. The van der Waals surface area contributed by atoms with E-state index in [-0.39, 0.29) is 23.8 Å². The number of imide groups is 1. The van der Waals surface area contributed by atoms with Crippen LogP contribution < -0.4 is 10.2 Å². The molecule has 2 aliphatic heterocycles. The van der Waals surface area contributed by atoms with E-state index in [1.165, 1.54) is 5.56 Å². The average molecular weight is 412 g/mol. The molecule has 6 heteroatoms. The van der Waals surface area contributed by atoms with Crippen molar-refractivity contribution in [2.45, 2.75) is 71.8 Å². The molecule has 1 saturated heterocycles. The molecule has 30 heavy (non-hydrogen) atoms. The lowest BCUT2D eigenvalue weighted by molar-refractivity contribution is -0.135. The molecule has 0 unspecified atom stereocenters. The van der Waals surface area contributed by atoms with Crippen LogP contribution in [0.2, 0.25) is 0 Å². The highest BCUT2D eigenvalue weighted by molar-refractivity contribution is 6.10. The average Bonchev–Trinajstić information content (AvgIpc) is 2.91. The van der Waals surface area contributed by atoms with Crippen molar-refractivity contribution >= 4 is 23.5 Å². The lowest BCUT2D eigenvalue weighted by atomic mass is 9.67. The molecule has 1 saturated carbocycles. The van der Waals surface area contributed by atoms with Crippen molar-refractivity contribution in [2.75, 3.05) is 18.0 Å². The molecule has 1 N–H and O–H groups in total. The zero-order valence-corrected chi connectivity index (χ0v) is 18.6. The van der Waals surface area contributed by atoms with E-state index in [4.69, 9.17) is 0 Å². The fraction of sp³-hybridized carbons (Fsp3) is 0.625. The Balaban J connectivity index is 1.47. The number of urea groups is 1. The van der Waals surface area contributed by atoms with E-state index >= 15 is 0 Å². The third-order valence-corrected chi connectivity index (χ3v) is 7.26. The summed E-state index contributed by atoms with van der Waals surface area (Å²) in [5, 5.41) is 2.94. The second-order valence-corrected chi connectivity index (χ2v) is 10.3. The van der Waals surface area contributed by atoms with Gasteiger partial charge in [-0.3, -0.25) is 14.5 Å². The highest BCUT2D eigenvalue weighted by Gasteiger charge is 2.53. The summed E-state index contributed by atoms with van der Waals surface area (Å²) in [7, 11) is 0. The summed E-state index contributed by atoms with van der Waals surface area (Å²) in [6, 6.07) is 5.66. The minimum Gasteiger partial charge on any atom is -0.323 e. The molecule has 6 nitrogen and oxygen atoms in total.